The first-order valence-electron chi connectivity index (χ1n) is 3.76. The number of carbonyl (C=O) groups excluding carboxylic acids is 1. The molecule has 1 aromatic carbocycles. The number of hydrogen-bond acceptors (Lipinski definition) is 4. The van der Waals surface area contributed by atoms with Gasteiger partial charge in [-0.2, -0.15) is 0 Å². The molecular weight excluding hydrogens is 172 g/mol. The van der Waals surface area contributed by atoms with Crippen LogP contribution >= 0.6 is 0 Å². The van der Waals surface area contributed by atoms with E-state index in [1.54, 1.807) is 24.3 Å². The third-order valence-electron chi connectivity index (χ3n) is 1.42. The van der Waals surface area contributed by atoms with Gasteiger partial charge < -0.3 is 4.74 Å². The number of esters is 1. The fourth-order valence-electron chi connectivity index (χ4n) is 0.894. The van der Waals surface area contributed by atoms with E-state index in [1.807, 2.05) is 0 Å². The number of ether oxygens (including phenoxy) is 1. The van der Waals surface area contributed by atoms with Gasteiger partial charge in [-0.05, 0) is 17.7 Å². The van der Waals surface area contributed by atoms with Gasteiger partial charge in [-0.15, -0.1) is 0 Å². The van der Waals surface area contributed by atoms with E-state index in [-0.39, 0.29) is 12.6 Å². The van der Waals surface area contributed by atoms with Crippen LogP contribution in [0.2, 0.25) is 0 Å². The highest BCUT2D eigenvalue weighted by Crippen LogP contribution is 2.12. The van der Waals surface area contributed by atoms with Gasteiger partial charge in [-0.1, -0.05) is 12.1 Å². The molecule has 0 aromatic heterocycles. The van der Waals surface area contributed by atoms with Crippen molar-refractivity contribution in [2.24, 2.45) is 0 Å². The second kappa shape index (κ2) is 4.59. The van der Waals surface area contributed by atoms with E-state index in [2.05, 4.69) is 4.89 Å². The van der Waals surface area contributed by atoms with Crippen LogP contribution < -0.4 is 4.74 Å². The zero-order valence-electron chi connectivity index (χ0n) is 7.19. The molecule has 4 nitrogen and oxygen atoms in total. The lowest BCUT2D eigenvalue weighted by Crippen LogP contribution is -2.01. The van der Waals surface area contributed by atoms with Crippen LogP contribution in [0.4, 0.5) is 0 Å². The van der Waals surface area contributed by atoms with E-state index in [0.29, 0.717) is 5.75 Å². The predicted molar refractivity (Wildman–Crippen MR) is 45.2 cm³/mol. The van der Waals surface area contributed by atoms with Gasteiger partial charge >= 0.3 is 5.97 Å². The van der Waals surface area contributed by atoms with Crippen LogP contribution in [0, 0.1) is 0 Å². The first-order valence-corrected chi connectivity index (χ1v) is 3.76. The van der Waals surface area contributed by atoms with Crippen LogP contribution in [0.25, 0.3) is 0 Å². The van der Waals surface area contributed by atoms with Crippen molar-refractivity contribution >= 4 is 5.97 Å². The fraction of sp³-hybridized carbons (Fsp3) is 0.222. The van der Waals surface area contributed by atoms with E-state index in [1.165, 1.54) is 6.92 Å². The Morgan fingerprint density at radius 2 is 2.00 bits per heavy atom. The quantitative estimate of drug-likeness (QED) is 0.334. The minimum atomic E-state index is -0.355. The molecule has 0 heterocycles. The summed E-state index contributed by atoms with van der Waals surface area (Å²) in [6.07, 6.45) is 0. The molecule has 0 fully saturated rings. The number of carbonyl (C=O) groups is 1. The summed E-state index contributed by atoms with van der Waals surface area (Å²) in [5, 5.41) is 8.15. The average Bonchev–Trinajstić information content (AvgIpc) is 2.08. The van der Waals surface area contributed by atoms with Crippen molar-refractivity contribution in [3.05, 3.63) is 29.8 Å². The number of hydrogen-bond donors (Lipinski definition) is 1. The number of rotatable bonds is 3. The smallest absolute Gasteiger partial charge is 0.308 e. The standard InChI is InChI=1S/C9H10O4/c1-7(10)13-9-4-2-8(3-5-9)6-12-11/h2-5,11H,6H2,1H3. The molecule has 0 aliphatic heterocycles. The molecular formula is C9H10O4. The molecule has 0 saturated carbocycles. The van der Waals surface area contributed by atoms with Gasteiger partial charge in [0.1, 0.15) is 12.4 Å². The molecule has 0 bridgehead atoms. The van der Waals surface area contributed by atoms with Gasteiger partial charge in [-0.3, -0.25) is 10.1 Å². The normalized spacial score (nSPS) is 9.69. The highest BCUT2D eigenvalue weighted by Gasteiger charge is 1.97. The van der Waals surface area contributed by atoms with Gasteiger partial charge in [0, 0.05) is 6.92 Å². The minimum absolute atomic E-state index is 0.125. The Balaban J connectivity index is 2.64. The first kappa shape index (κ1) is 9.70. The molecule has 0 aliphatic rings. The summed E-state index contributed by atoms with van der Waals surface area (Å²) in [4.78, 5) is 14.5. The van der Waals surface area contributed by atoms with Gasteiger partial charge in [0.25, 0.3) is 0 Å². The van der Waals surface area contributed by atoms with Gasteiger partial charge in [0.05, 0.1) is 0 Å². The number of benzene rings is 1. The molecule has 0 radical (unpaired) electrons. The van der Waals surface area contributed by atoms with E-state index < -0.39 is 0 Å². The Morgan fingerprint density at radius 3 is 2.46 bits per heavy atom. The lowest BCUT2D eigenvalue weighted by atomic mass is 10.2. The molecule has 1 rings (SSSR count). The second-order valence-corrected chi connectivity index (χ2v) is 2.51. The van der Waals surface area contributed by atoms with Gasteiger partial charge in [0.15, 0.2) is 0 Å². The largest absolute Gasteiger partial charge is 0.427 e. The molecule has 4 heteroatoms. The van der Waals surface area contributed by atoms with Crippen molar-refractivity contribution in [3.63, 3.8) is 0 Å². The summed E-state index contributed by atoms with van der Waals surface area (Å²) >= 11 is 0. The molecule has 0 saturated heterocycles. The summed E-state index contributed by atoms with van der Waals surface area (Å²) in [6.45, 7) is 1.46. The Labute approximate surface area is 75.6 Å². The molecule has 0 atom stereocenters. The summed E-state index contributed by atoms with van der Waals surface area (Å²) in [5.74, 6) is 0.125. The predicted octanol–water partition coefficient (Wildman–Crippen LogP) is 1.60. The maximum Gasteiger partial charge on any atom is 0.308 e. The van der Waals surface area contributed by atoms with Crippen molar-refractivity contribution in [2.45, 2.75) is 13.5 Å². The highest BCUT2D eigenvalue weighted by atomic mass is 17.1. The topological polar surface area (TPSA) is 55.8 Å². The SMILES string of the molecule is CC(=O)Oc1ccc(COO)cc1. The van der Waals surface area contributed by atoms with Crippen LogP contribution in [-0.4, -0.2) is 11.2 Å². The molecule has 70 valence electrons. The molecule has 0 aliphatic carbocycles. The maximum absolute atomic E-state index is 10.5. The van der Waals surface area contributed by atoms with Crippen LogP contribution in [0.1, 0.15) is 12.5 Å². The van der Waals surface area contributed by atoms with Crippen molar-refractivity contribution < 1.29 is 19.7 Å². The van der Waals surface area contributed by atoms with Crippen molar-refractivity contribution in [1.29, 1.82) is 0 Å². The van der Waals surface area contributed by atoms with Crippen LogP contribution in [-0.2, 0) is 16.3 Å². The average molecular weight is 182 g/mol. The summed E-state index contributed by atoms with van der Waals surface area (Å²) in [7, 11) is 0. The monoisotopic (exact) mass is 182 g/mol. The highest BCUT2D eigenvalue weighted by molar-refractivity contribution is 5.69. The Morgan fingerprint density at radius 1 is 1.38 bits per heavy atom. The van der Waals surface area contributed by atoms with Crippen molar-refractivity contribution in [3.8, 4) is 5.75 Å². The van der Waals surface area contributed by atoms with Crippen LogP contribution in [0.15, 0.2) is 24.3 Å². The lowest BCUT2D eigenvalue weighted by Gasteiger charge is -2.01. The maximum atomic E-state index is 10.5. The van der Waals surface area contributed by atoms with Gasteiger partial charge in [0.2, 0.25) is 0 Å². The molecule has 13 heavy (non-hydrogen) atoms. The Bertz CT molecular complexity index is 278. The Hall–Kier alpha value is -1.39. The van der Waals surface area contributed by atoms with Crippen molar-refractivity contribution in [2.75, 3.05) is 0 Å². The van der Waals surface area contributed by atoms with E-state index in [0.717, 1.165) is 5.56 Å². The van der Waals surface area contributed by atoms with E-state index >= 15 is 0 Å². The molecule has 0 unspecified atom stereocenters. The molecule has 0 amide bonds. The van der Waals surface area contributed by atoms with Crippen LogP contribution in [0.3, 0.4) is 0 Å². The zero-order chi connectivity index (χ0) is 9.68. The molecule has 1 aromatic rings. The lowest BCUT2D eigenvalue weighted by molar-refractivity contribution is -0.253. The minimum Gasteiger partial charge on any atom is -0.427 e. The van der Waals surface area contributed by atoms with Crippen molar-refractivity contribution in [1.82, 2.24) is 0 Å². The Kier molecular flexibility index (Phi) is 3.42. The third kappa shape index (κ3) is 3.23. The molecule has 1 N–H and O–H groups in total. The van der Waals surface area contributed by atoms with E-state index in [4.69, 9.17) is 9.99 Å². The molecule has 0 spiro atoms. The van der Waals surface area contributed by atoms with E-state index in [9.17, 15) is 4.79 Å². The third-order valence-corrected chi connectivity index (χ3v) is 1.42. The van der Waals surface area contributed by atoms with Crippen LogP contribution in [0.5, 0.6) is 5.75 Å². The zero-order valence-corrected chi connectivity index (χ0v) is 7.19. The fourth-order valence-corrected chi connectivity index (χ4v) is 0.894. The first-order chi connectivity index (χ1) is 6.22. The summed E-state index contributed by atoms with van der Waals surface area (Å²) in [5.41, 5.74) is 0.804. The summed E-state index contributed by atoms with van der Waals surface area (Å²) in [6, 6.07) is 6.68. The van der Waals surface area contributed by atoms with Gasteiger partial charge in [-0.25, -0.2) is 4.89 Å². The second-order valence-electron chi connectivity index (χ2n) is 2.51. The summed E-state index contributed by atoms with van der Waals surface area (Å²) < 4.78 is 4.81.